The predicted octanol–water partition coefficient (Wildman–Crippen LogP) is 2.54. The fourth-order valence-corrected chi connectivity index (χ4v) is 3.06. The lowest BCUT2D eigenvalue weighted by Gasteiger charge is -2.07. The number of carbonyl (C=O) groups excluding carboxylic acids is 1. The summed E-state index contributed by atoms with van der Waals surface area (Å²) in [6, 6.07) is 12.8. The van der Waals surface area contributed by atoms with Gasteiger partial charge in [-0.1, -0.05) is 18.2 Å². The fourth-order valence-electron chi connectivity index (χ4n) is 3.06. The molecule has 1 aromatic heterocycles. The summed E-state index contributed by atoms with van der Waals surface area (Å²) in [4.78, 5) is 27.5. The van der Waals surface area contributed by atoms with E-state index in [1.54, 1.807) is 18.2 Å². The molecule has 0 spiro atoms. The molecule has 0 bridgehead atoms. The Kier molecular flexibility index (Phi) is 4.08. The molecule has 0 saturated heterocycles. The Morgan fingerprint density at radius 3 is 2.88 bits per heavy atom. The van der Waals surface area contributed by atoms with E-state index in [1.807, 2.05) is 31.2 Å². The van der Waals surface area contributed by atoms with Gasteiger partial charge >= 0.3 is 0 Å². The molecule has 2 heterocycles. The Morgan fingerprint density at radius 1 is 1.15 bits per heavy atom. The van der Waals surface area contributed by atoms with Gasteiger partial charge in [-0.25, -0.2) is 0 Å². The molecule has 0 unspecified atom stereocenters. The van der Waals surface area contributed by atoms with Crippen LogP contribution in [0.3, 0.4) is 0 Å². The zero-order valence-corrected chi connectivity index (χ0v) is 14.3. The number of fused-ring (bicyclic) bond motifs is 2. The first-order valence-electron chi connectivity index (χ1n) is 8.41. The molecule has 132 valence electrons. The third-order valence-corrected chi connectivity index (χ3v) is 4.48. The molecular weight excluding hydrogens is 332 g/mol. The summed E-state index contributed by atoms with van der Waals surface area (Å²) in [5.74, 6) is 0.995. The van der Waals surface area contributed by atoms with Crippen LogP contribution < -0.4 is 20.3 Å². The largest absolute Gasteiger partial charge is 0.454 e. The van der Waals surface area contributed by atoms with Crippen LogP contribution in [-0.2, 0) is 6.42 Å². The molecule has 2 N–H and O–H groups in total. The van der Waals surface area contributed by atoms with Crippen molar-refractivity contribution in [2.75, 3.05) is 13.3 Å². The van der Waals surface area contributed by atoms with Crippen molar-refractivity contribution in [3.63, 3.8) is 0 Å². The van der Waals surface area contributed by atoms with E-state index in [-0.39, 0.29) is 18.3 Å². The van der Waals surface area contributed by atoms with Crippen LogP contribution >= 0.6 is 0 Å². The van der Waals surface area contributed by atoms with Crippen LogP contribution in [0.4, 0.5) is 0 Å². The third-order valence-electron chi connectivity index (χ3n) is 4.48. The van der Waals surface area contributed by atoms with Crippen molar-refractivity contribution in [1.82, 2.24) is 10.3 Å². The highest BCUT2D eigenvalue weighted by Gasteiger charge is 2.16. The topological polar surface area (TPSA) is 80.4 Å². The number of nitrogens with one attached hydrogen (secondary N) is 2. The van der Waals surface area contributed by atoms with Gasteiger partial charge in [0.15, 0.2) is 11.5 Å². The SMILES string of the molecule is Cc1cccc2cc(CCNC(=O)c3ccc4c(c3)OCO4)c(=O)[nH]c12. The van der Waals surface area contributed by atoms with E-state index in [4.69, 9.17) is 9.47 Å². The second-order valence-electron chi connectivity index (χ2n) is 6.24. The van der Waals surface area contributed by atoms with Crippen LogP contribution in [0.25, 0.3) is 10.9 Å². The molecule has 26 heavy (non-hydrogen) atoms. The van der Waals surface area contributed by atoms with Crippen molar-refractivity contribution in [3.8, 4) is 11.5 Å². The van der Waals surface area contributed by atoms with Crippen LogP contribution in [-0.4, -0.2) is 24.2 Å². The number of benzene rings is 2. The second-order valence-corrected chi connectivity index (χ2v) is 6.24. The lowest BCUT2D eigenvalue weighted by atomic mass is 10.1. The zero-order valence-electron chi connectivity index (χ0n) is 14.3. The molecule has 0 atom stereocenters. The minimum atomic E-state index is -0.212. The van der Waals surface area contributed by atoms with Gasteiger partial charge in [0, 0.05) is 17.7 Å². The highest BCUT2D eigenvalue weighted by molar-refractivity contribution is 5.95. The molecule has 1 amide bonds. The highest BCUT2D eigenvalue weighted by Crippen LogP contribution is 2.32. The second kappa shape index (κ2) is 6.55. The molecular formula is C20H18N2O4. The first-order chi connectivity index (χ1) is 12.6. The maximum Gasteiger partial charge on any atom is 0.251 e. The Balaban J connectivity index is 1.44. The summed E-state index contributed by atoms with van der Waals surface area (Å²) >= 11 is 0. The van der Waals surface area contributed by atoms with Crippen molar-refractivity contribution in [2.24, 2.45) is 0 Å². The third kappa shape index (κ3) is 3.01. The molecule has 0 fully saturated rings. The number of para-hydroxylation sites is 1. The smallest absolute Gasteiger partial charge is 0.251 e. The number of aromatic amines is 1. The Bertz CT molecular complexity index is 1060. The van der Waals surface area contributed by atoms with Gasteiger partial charge in [-0.3, -0.25) is 9.59 Å². The molecule has 6 heteroatoms. The number of rotatable bonds is 4. The lowest BCUT2D eigenvalue weighted by Crippen LogP contribution is -2.27. The highest BCUT2D eigenvalue weighted by atomic mass is 16.7. The minimum Gasteiger partial charge on any atom is -0.454 e. The van der Waals surface area contributed by atoms with Gasteiger partial charge in [0.05, 0.1) is 5.52 Å². The monoisotopic (exact) mass is 350 g/mol. The number of carbonyl (C=O) groups is 1. The molecule has 0 aliphatic carbocycles. The number of amides is 1. The summed E-state index contributed by atoms with van der Waals surface area (Å²) in [7, 11) is 0. The Hall–Kier alpha value is -3.28. The van der Waals surface area contributed by atoms with Crippen molar-refractivity contribution < 1.29 is 14.3 Å². The molecule has 0 saturated carbocycles. The summed E-state index contributed by atoms with van der Waals surface area (Å²) < 4.78 is 10.5. The van der Waals surface area contributed by atoms with E-state index in [0.29, 0.717) is 35.6 Å². The van der Waals surface area contributed by atoms with Gasteiger partial charge in [-0.2, -0.15) is 0 Å². The number of hydrogen-bond donors (Lipinski definition) is 2. The summed E-state index contributed by atoms with van der Waals surface area (Å²) in [5, 5.41) is 3.82. The first kappa shape index (κ1) is 16.2. The summed E-state index contributed by atoms with van der Waals surface area (Å²) in [6.07, 6.45) is 0.454. The number of pyridine rings is 1. The van der Waals surface area contributed by atoms with Crippen molar-refractivity contribution in [2.45, 2.75) is 13.3 Å². The molecule has 1 aliphatic rings. The number of aryl methyl sites for hydroxylation is 1. The number of H-pyrrole nitrogens is 1. The van der Waals surface area contributed by atoms with E-state index >= 15 is 0 Å². The van der Waals surface area contributed by atoms with Gasteiger partial charge in [0.25, 0.3) is 11.5 Å². The molecule has 2 aromatic carbocycles. The lowest BCUT2D eigenvalue weighted by molar-refractivity contribution is 0.0953. The fraction of sp³-hybridized carbons (Fsp3) is 0.200. The molecule has 3 aromatic rings. The number of aromatic nitrogens is 1. The first-order valence-corrected chi connectivity index (χ1v) is 8.41. The predicted molar refractivity (Wildman–Crippen MR) is 97.9 cm³/mol. The normalized spacial score (nSPS) is 12.3. The van der Waals surface area contributed by atoms with E-state index in [0.717, 1.165) is 16.5 Å². The van der Waals surface area contributed by atoms with Crippen LogP contribution in [0.2, 0.25) is 0 Å². The van der Waals surface area contributed by atoms with Crippen molar-refractivity contribution in [1.29, 1.82) is 0 Å². The van der Waals surface area contributed by atoms with Gasteiger partial charge in [-0.05, 0) is 48.6 Å². The summed E-state index contributed by atoms with van der Waals surface area (Å²) in [6.45, 7) is 2.50. The van der Waals surface area contributed by atoms with E-state index in [2.05, 4.69) is 10.3 Å². The van der Waals surface area contributed by atoms with E-state index < -0.39 is 0 Å². The Morgan fingerprint density at radius 2 is 2.00 bits per heavy atom. The van der Waals surface area contributed by atoms with Crippen molar-refractivity contribution >= 4 is 16.8 Å². The van der Waals surface area contributed by atoms with Gasteiger partial charge in [0.1, 0.15) is 0 Å². The number of ether oxygens (including phenoxy) is 2. The number of hydrogen-bond acceptors (Lipinski definition) is 4. The molecule has 4 rings (SSSR count). The Labute approximate surface area is 149 Å². The summed E-state index contributed by atoms with van der Waals surface area (Å²) in [5.41, 5.74) is 2.91. The van der Waals surface area contributed by atoms with Gasteiger partial charge in [0.2, 0.25) is 6.79 Å². The van der Waals surface area contributed by atoms with Crippen LogP contribution in [0.5, 0.6) is 11.5 Å². The quantitative estimate of drug-likeness (QED) is 0.758. The van der Waals surface area contributed by atoms with Gasteiger partial charge < -0.3 is 19.8 Å². The van der Waals surface area contributed by atoms with E-state index in [9.17, 15) is 9.59 Å². The standard InChI is InChI=1S/C20H18N2O4/c1-12-3-2-4-13-9-15(20(24)22-18(12)13)7-8-21-19(23)14-5-6-16-17(10-14)26-11-25-16/h2-6,9-10H,7-8,11H2,1H3,(H,21,23)(H,22,24). The van der Waals surface area contributed by atoms with E-state index in [1.165, 1.54) is 0 Å². The van der Waals surface area contributed by atoms with Gasteiger partial charge in [-0.15, -0.1) is 0 Å². The average molecular weight is 350 g/mol. The molecule has 0 radical (unpaired) electrons. The molecule has 1 aliphatic heterocycles. The molecule has 6 nitrogen and oxygen atoms in total. The zero-order chi connectivity index (χ0) is 18.1. The van der Waals surface area contributed by atoms with Crippen LogP contribution in [0.15, 0.2) is 47.3 Å². The maximum atomic E-state index is 12.3. The van der Waals surface area contributed by atoms with Crippen molar-refractivity contribution in [3.05, 3.63) is 69.5 Å². The average Bonchev–Trinajstić information content (AvgIpc) is 3.10. The minimum absolute atomic E-state index is 0.121. The van der Waals surface area contributed by atoms with Crippen LogP contribution in [0.1, 0.15) is 21.5 Å². The van der Waals surface area contributed by atoms with Crippen LogP contribution in [0, 0.1) is 6.92 Å². The maximum absolute atomic E-state index is 12.3.